The Morgan fingerprint density at radius 1 is 1.28 bits per heavy atom. The van der Waals surface area contributed by atoms with E-state index in [0.717, 1.165) is 0 Å². The molecule has 0 saturated heterocycles. The van der Waals surface area contributed by atoms with Gasteiger partial charge in [0.2, 0.25) is 5.91 Å². The minimum atomic E-state index is -0.318. The molecule has 0 aliphatic heterocycles. The summed E-state index contributed by atoms with van der Waals surface area (Å²) in [6, 6.07) is 6.57. The molecule has 5 heteroatoms. The van der Waals surface area contributed by atoms with Crippen LogP contribution in [0.1, 0.15) is 31.1 Å². The maximum absolute atomic E-state index is 11.7. The van der Waals surface area contributed by atoms with Gasteiger partial charge in [0.1, 0.15) is 0 Å². The summed E-state index contributed by atoms with van der Waals surface area (Å²) in [6.07, 6.45) is 0. The molecule has 0 aliphatic rings. The number of hydrogen-bond donors (Lipinski definition) is 2. The molecule has 0 unspecified atom stereocenters. The Bertz CT molecular complexity index is 453. The van der Waals surface area contributed by atoms with Crippen molar-refractivity contribution >= 4 is 23.4 Å². The molecule has 1 aromatic rings. The van der Waals surface area contributed by atoms with Gasteiger partial charge in [-0.25, -0.2) is 0 Å². The Hall–Kier alpha value is -1.55. The number of hydrogen-bond acceptors (Lipinski definition) is 2. The van der Waals surface area contributed by atoms with Gasteiger partial charge >= 0.3 is 0 Å². The van der Waals surface area contributed by atoms with Crippen LogP contribution < -0.4 is 10.6 Å². The van der Waals surface area contributed by atoms with E-state index in [1.165, 1.54) is 0 Å². The molecule has 2 amide bonds. The van der Waals surface area contributed by atoms with Crippen LogP contribution >= 0.6 is 11.6 Å². The average molecular weight is 269 g/mol. The van der Waals surface area contributed by atoms with Crippen LogP contribution in [0, 0.1) is 0 Å². The highest BCUT2D eigenvalue weighted by atomic mass is 35.5. The first-order valence-electron chi connectivity index (χ1n) is 5.63. The van der Waals surface area contributed by atoms with E-state index < -0.39 is 0 Å². The number of halogens is 1. The molecule has 0 saturated carbocycles. The Morgan fingerprint density at radius 2 is 1.94 bits per heavy atom. The number of carbonyl (C=O) groups is 2. The van der Waals surface area contributed by atoms with Crippen LogP contribution in [0.25, 0.3) is 0 Å². The zero-order valence-corrected chi connectivity index (χ0v) is 11.5. The Kier molecular flexibility index (Phi) is 4.73. The molecule has 0 spiro atoms. The van der Waals surface area contributed by atoms with Gasteiger partial charge in [0.15, 0.2) is 0 Å². The SMILES string of the molecule is CC(C)(C)NC(=O)CNC(=O)c1cccc(Cl)c1. The van der Waals surface area contributed by atoms with Crippen molar-refractivity contribution < 1.29 is 9.59 Å². The molecule has 0 heterocycles. The molecule has 0 bridgehead atoms. The molecule has 98 valence electrons. The Balaban J connectivity index is 2.49. The summed E-state index contributed by atoms with van der Waals surface area (Å²) in [5.74, 6) is -0.542. The molecule has 0 fully saturated rings. The van der Waals surface area contributed by atoms with Gasteiger partial charge in [-0.15, -0.1) is 0 Å². The maximum Gasteiger partial charge on any atom is 0.251 e. The van der Waals surface area contributed by atoms with Crippen molar-refractivity contribution in [3.05, 3.63) is 34.9 Å². The van der Waals surface area contributed by atoms with Crippen molar-refractivity contribution in [3.63, 3.8) is 0 Å². The van der Waals surface area contributed by atoms with Crippen LogP contribution in [0.2, 0.25) is 5.02 Å². The van der Waals surface area contributed by atoms with Crippen LogP contribution in [0.4, 0.5) is 0 Å². The fourth-order valence-electron chi connectivity index (χ4n) is 1.35. The zero-order valence-electron chi connectivity index (χ0n) is 10.7. The number of carbonyl (C=O) groups excluding carboxylic acids is 2. The Labute approximate surface area is 112 Å². The second kappa shape index (κ2) is 5.87. The highest BCUT2D eigenvalue weighted by Gasteiger charge is 2.14. The molecule has 18 heavy (non-hydrogen) atoms. The standard InChI is InChI=1S/C13H17ClN2O2/c1-13(2,3)16-11(17)8-15-12(18)9-5-4-6-10(14)7-9/h4-7H,8H2,1-3H3,(H,15,18)(H,16,17). The van der Waals surface area contributed by atoms with Gasteiger partial charge in [0.25, 0.3) is 5.91 Å². The lowest BCUT2D eigenvalue weighted by Gasteiger charge is -2.20. The zero-order chi connectivity index (χ0) is 13.8. The first kappa shape index (κ1) is 14.5. The Morgan fingerprint density at radius 3 is 2.50 bits per heavy atom. The van der Waals surface area contributed by atoms with Crippen LogP contribution in [0.5, 0.6) is 0 Å². The third kappa shape index (κ3) is 5.19. The third-order valence-electron chi connectivity index (χ3n) is 2.01. The number of nitrogens with one attached hydrogen (secondary N) is 2. The van der Waals surface area contributed by atoms with Crippen molar-refractivity contribution in [1.82, 2.24) is 10.6 Å². The van der Waals surface area contributed by atoms with E-state index in [0.29, 0.717) is 10.6 Å². The third-order valence-corrected chi connectivity index (χ3v) is 2.25. The summed E-state index contributed by atoms with van der Waals surface area (Å²) in [4.78, 5) is 23.2. The van der Waals surface area contributed by atoms with E-state index in [1.54, 1.807) is 24.3 Å². The minimum Gasteiger partial charge on any atom is -0.350 e. The number of benzene rings is 1. The highest BCUT2D eigenvalue weighted by molar-refractivity contribution is 6.30. The summed E-state index contributed by atoms with van der Waals surface area (Å²) < 4.78 is 0. The van der Waals surface area contributed by atoms with Gasteiger partial charge in [-0.05, 0) is 39.0 Å². The monoisotopic (exact) mass is 268 g/mol. The summed E-state index contributed by atoms with van der Waals surface area (Å²) >= 11 is 5.78. The lowest BCUT2D eigenvalue weighted by Crippen LogP contribution is -2.45. The average Bonchev–Trinajstić information content (AvgIpc) is 2.23. The van der Waals surface area contributed by atoms with Crippen molar-refractivity contribution in [1.29, 1.82) is 0 Å². The van der Waals surface area contributed by atoms with E-state index in [9.17, 15) is 9.59 Å². The largest absolute Gasteiger partial charge is 0.350 e. The van der Waals surface area contributed by atoms with E-state index in [2.05, 4.69) is 10.6 Å². The van der Waals surface area contributed by atoms with E-state index in [1.807, 2.05) is 20.8 Å². The fraction of sp³-hybridized carbons (Fsp3) is 0.385. The molecular formula is C13H17ClN2O2. The molecule has 0 radical (unpaired) electrons. The van der Waals surface area contributed by atoms with Gasteiger partial charge in [0, 0.05) is 16.1 Å². The van der Waals surface area contributed by atoms with E-state index in [-0.39, 0.29) is 23.9 Å². The second-order valence-corrected chi connectivity index (χ2v) is 5.43. The minimum absolute atomic E-state index is 0.0530. The predicted octanol–water partition coefficient (Wildman–Crippen LogP) is 1.98. The fourth-order valence-corrected chi connectivity index (χ4v) is 1.55. The summed E-state index contributed by atoms with van der Waals surface area (Å²) in [5.41, 5.74) is 0.128. The van der Waals surface area contributed by atoms with Crippen LogP contribution in [-0.4, -0.2) is 23.9 Å². The summed E-state index contributed by atoms with van der Waals surface area (Å²) in [6.45, 7) is 5.58. The van der Waals surface area contributed by atoms with Crippen molar-refractivity contribution in [2.75, 3.05) is 6.54 Å². The molecule has 1 rings (SSSR count). The molecule has 1 aromatic carbocycles. The molecule has 0 aliphatic carbocycles. The van der Waals surface area contributed by atoms with Crippen molar-refractivity contribution in [2.45, 2.75) is 26.3 Å². The van der Waals surface area contributed by atoms with Gasteiger partial charge in [-0.3, -0.25) is 9.59 Å². The summed E-state index contributed by atoms with van der Waals surface area (Å²) in [5, 5.41) is 5.78. The number of rotatable bonds is 3. The maximum atomic E-state index is 11.7. The topological polar surface area (TPSA) is 58.2 Å². The second-order valence-electron chi connectivity index (χ2n) is 4.99. The molecule has 0 atom stereocenters. The highest BCUT2D eigenvalue weighted by Crippen LogP contribution is 2.10. The van der Waals surface area contributed by atoms with Crippen LogP contribution in [0.15, 0.2) is 24.3 Å². The van der Waals surface area contributed by atoms with Gasteiger partial charge in [0.05, 0.1) is 6.54 Å². The van der Waals surface area contributed by atoms with E-state index >= 15 is 0 Å². The first-order valence-corrected chi connectivity index (χ1v) is 6.00. The molecular weight excluding hydrogens is 252 g/mol. The van der Waals surface area contributed by atoms with Crippen molar-refractivity contribution in [3.8, 4) is 0 Å². The lowest BCUT2D eigenvalue weighted by atomic mass is 10.1. The summed E-state index contributed by atoms with van der Waals surface area (Å²) in [7, 11) is 0. The van der Waals surface area contributed by atoms with Crippen LogP contribution in [0.3, 0.4) is 0 Å². The van der Waals surface area contributed by atoms with Crippen molar-refractivity contribution in [2.24, 2.45) is 0 Å². The normalized spacial score (nSPS) is 10.9. The smallest absolute Gasteiger partial charge is 0.251 e. The van der Waals surface area contributed by atoms with Crippen LogP contribution in [-0.2, 0) is 4.79 Å². The molecule has 2 N–H and O–H groups in total. The van der Waals surface area contributed by atoms with Gasteiger partial charge in [-0.1, -0.05) is 17.7 Å². The number of amides is 2. The quantitative estimate of drug-likeness (QED) is 0.881. The molecule has 0 aromatic heterocycles. The first-order chi connectivity index (χ1) is 8.28. The predicted molar refractivity (Wildman–Crippen MR) is 71.7 cm³/mol. The van der Waals surface area contributed by atoms with E-state index in [4.69, 9.17) is 11.6 Å². The lowest BCUT2D eigenvalue weighted by molar-refractivity contribution is -0.121. The molecule has 4 nitrogen and oxygen atoms in total. The van der Waals surface area contributed by atoms with Gasteiger partial charge in [-0.2, -0.15) is 0 Å². The van der Waals surface area contributed by atoms with Gasteiger partial charge < -0.3 is 10.6 Å².